The second kappa shape index (κ2) is 11.6. The van der Waals surface area contributed by atoms with Crippen molar-refractivity contribution in [2.45, 2.75) is 20.0 Å². The molecule has 3 rings (SSSR count). The molecule has 9 heteroatoms. The fraction of sp³-hybridized carbons (Fsp3) is 0.579. The topological polar surface area (TPSA) is 73.9 Å². The summed E-state index contributed by atoms with van der Waals surface area (Å²) in [6.07, 6.45) is -0.373. The van der Waals surface area contributed by atoms with Crippen LogP contribution >= 0.6 is 24.8 Å². The maximum atomic E-state index is 12.5. The number of aryl methyl sites for hydroxylation is 2. The molecule has 0 aromatic heterocycles. The Labute approximate surface area is 179 Å². The monoisotopic (exact) mass is 432 g/mol. The Bertz CT molecular complexity index is 640. The van der Waals surface area contributed by atoms with Crippen LogP contribution in [0.4, 0.5) is 5.69 Å². The molecule has 2 N–H and O–H groups in total. The van der Waals surface area contributed by atoms with Crippen molar-refractivity contribution in [1.82, 2.24) is 15.1 Å². The molecule has 2 saturated heterocycles. The molecule has 2 aliphatic rings. The number of carbonyl (C=O) groups excluding carboxylic acids is 2. The van der Waals surface area contributed by atoms with Crippen molar-refractivity contribution in [3.8, 4) is 0 Å². The average Bonchev–Trinajstić information content (AvgIpc) is 2.66. The van der Waals surface area contributed by atoms with Gasteiger partial charge in [0.15, 0.2) is 0 Å². The normalized spacial score (nSPS) is 19.9. The van der Waals surface area contributed by atoms with E-state index < -0.39 is 0 Å². The van der Waals surface area contributed by atoms with E-state index in [4.69, 9.17) is 4.74 Å². The molecule has 2 fully saturated rings. The largest absolute Gasteiger partial charge is 0.366 e. The molecule has 158 valence electrons. The van der Waals surface area contributed by atoms with Gasteiger partial charge in [0.25, 0.3) is 5.91 Å². The van der Waals surface area contributed by atoms with Crippen molar-refractivity contribution in [2.75, 3.05) is 57.7 Å². The maximum absolute atomic E-state index is 12.5. The summed E-state index contributed by atoms with van der Waals surface area (Å²) in [5.41, 5.74) is 3.03. The molecule has 28 heavy (non-hydrogen) atoms. The molecule has 0 saturated carbocycles. The van der Waals surface area contributed by atoms with Crippen molar-refractivity contribution >= 4 is 42.3 Å². The van der Waals surface area contributed by atoms with Gasteiger partial charge in [0.2, 0.25) is 5.91 Å². The number of nitrogens with zero attached hydrogens (tertiary/aromatic N) is 2. The summed E-state index contributed by atoms with van der Waals surface area (Å²) in [7, 11) is 0. The third-order valence-electron chi connectivity index (χ3n) is 5.00. The number of halogens is 2. The summed E-state index contributed by atoms with van der Waals surface area (Å²) in [4.78, 5) is 28.8. The zero-order valence-electron chi connectivity index (χ0n) is 16.4. The average molecular weight is 433 g/mol. The van der Waals surface area contributed by atoms with Crippen LogP contribution in [0.15, 0.2) is 18.2 Å². The number of amides is 2. The maximum Gasteiger partial charge on any atom is 0.253 e. The highest BCUT2D eigenvalue weighted by Crippen LogP contribution is 2.19. The number of hydrogen-bond donors (Lipinski definition) is 2. The van der Waals surface area contributed by atoms with Crippen molar-refractivity contribution in [3.05, 3.63) is 29.3 Å². The Morgan fingerprint density at radius 3 is 2.36 bits per heavy atom. The summed E-state index contributed by atoms with van der Waals surface area (Å²) in [5, 5.41) is 6.21. The molecule has 0 bridgehead atoms. The zero-order chi connectivity index (χ0) is 18.5. The summed E-state index contributed by atoms with van der Waals surface area (Å²) < 4.78 is 5.54. The van der Waals surface area contributed by atoms with Crippen LogP contribution in [0.5, 0.6) is 0 Å². The number of hydrogen-bond acceptors (Lipinski definition) is 5. The van der Waals surface area contributed by atoms with Gasteiger partial charge in [0.05, 0.1) is 13.2 Å². The van der Waals surface area contributed by atoms with Gasteiger partial charge >= 0.3 is 0 Å². The minimum Gasteiger partial charge on any atom is -0.366 e. The van der Waals surface area contributed by atoms with Gasteiger partial charge in [-0.2, -0.15) is 0 Å². The number of rotatable bonds is 4. The Kier molecular flexibility index (Phi) is 10.2. The van der Waals surface area contributed by atoms with Crippen LogP contribution in [0.3, 0.4) is 0 Å². The zero-order valence-corrected chi connectivity index (χ0v) is 18.0. The lowest BCUT2D eigenvalue weighted by Crippen LogP contribution is -2.55. The fourth-order valence-electron chi connectivity index (χ4n) is 3.45. The molecule has 7 nitrogen and oxygen atoms in total. The number of carbonyl (C=O) groups is 2. The van der Waals surface area contributed by atoms with Crippen LogP contribution in [0.25, 0.3) is 0 Å². The lowest BCUT2D eigenvalue weighted by Gasteiger charge is -2.36. The summed E-state index contributed by atoms with van der Waals surface area (Å²) in [6, 6.07) is 5.98. The van der Waals surface area contributed by atoms with Crippen LogP contribution < -0.4 is 10.6 Å². The van der Waals surface area contributed by atoms with Gasteiger partial charge in [-0.3, -0.25) is 14.5 Å². The minimum atomic E-state index is -0.373. The Balaban J connectivity index is 0.00000196. The van der Waals surface area contributed by atoms with Gasteiger partial charge in [-0.05, 0) is 25.0 Å². The molecule has 2 heterocycles. The molecule has 0 spiro atoms. The minimum absolute atomic E-state index is 0. The number of benzene rings is 1. The number of ether oxygens (including phenoxy) is 1. The van der Waals surface area contributed by atoms with Crippen LogP contribution in [0.1, 0.15) is 11.1 Å². The van der Waals surface area contributed by atoms with Gasteiger partial charge in [0, 0.05) is 45.0 Å². The second-order valence-corrected chi connectivity index (χ2v) is 6.98. The molecule has 0 aliphatic carbocycles. The molecule has 1 aromatic carbocycles. The lowest BCUT2D eigenvalue weighted by atomic mass is 10.1. The van der Waals surface area contributed by atoms with Crippen LogP contribution in [0.2, 0.25) is 0 Å². The molecule has 1 aromatic rings. The van der Waals surface area contributed by atoms with E-state index in [0.717, 1.165) is 23.4 Å². The third kappa shape index (κ3) is 6.32. The predicted octanol–water partition coefficient (Wildman–Crippen LogP) is 1.22. The number of morpholine rings is 1. The van der Waals surface area contributed by atoms with E-state index in [1.165, 1.54) is 0 Å². The first-order valence-corrected chi connectivity index (χ1v) is 9.24. The lowest BCUT2D eigenvalue weighted by molar-refractivity contribution is -0.147. The molecule has 2 aliphatic heterocycles. The molecule has 1 unspecified atom stereocenters. The van der Waals surface area contributed by atoms with Crippen LogP contribution in [0, 0.1) is 13.8 Å². The summed E-state index contributed by atoms with van der Waals surface area (Å²) >= 11 is 0. The first-order chi connectivity index (χ1) is 12.5. The van der Waals surface area contributed by atoms with Crippen LogP contribution in [-0.4, -0.2) is 80.1 Å². The van der Waals surface area contributed by atoms with E-state index in [1.54, 1.807) is 0 Å². The van der Waals surface area contributed by atoms with Gasteiger partial charge in [-0.15, -0.1) is 24.8 Å². The SMILES string of the molecule is Cc1cccc(C)c1NC(=O)CN1CCN(C(=O)C2CNCCO2)CC1.Cl.Cl. The summed E-state index contributed by atoms with van der Waals surface area (Å²) in [5.74, 6) is 0.0406. The quantitative estimate of drug-likeness (QED) is 0.747. The molecular weight excluding hydrogens is 403 g/mol. The van der Waals surface area contributed by atoms with E-state index in [0.29, 0.717) is 45.9 Å². The van der Waals surface area contributed by atoms with E-state index in [9.17, 15) is 9.59 Å². The van der Waals surface area contributed by atoms with Gasteiger partial charge < -0.3 is 20.3 Å². The standard InChI is InChI=1S/C19H28N4O3.2ClH/c1-14-4-3-5-15(2)18(14)21-17(24)13-22-7-9-23(10-8-22)19(25)16-12-20-6-11-26-16;;/h3-5,16,20H,6-13H2,1-2H3,(H,21,24);2*1H. The highest BCUT2D eigenvalue weighted by Gasteiger charge is 2.29. The number of nitrogens with one attached hydrogen (secondary N) is 2. The molecular formula is C19H30Cl2N4O3. The number of piperazine rings is 1. The van der Waals surface area contributed by atoms with Gasteiger partial charge in [-0.25, -0.2) is 0 Å². The Morgan fingerprint density at radius 2 is 1.79 bits per heavy atom. The van der Waals surface area contributed by atoms with Gasteiger partial charge in [-0.1, -0.05) is 18.2 Å². The van der Waals surface area contributed by atoms with E-state index in [1.807, 2.05) is 36.9 Å². The summed E-state index contributed by atoms with van der Waals surface area (Å²) in [6.45, 7) is 8.96. The molecule has 0 radical (unpaired) electrons. The van der Waals surface area contributed by atoms with Crippen molar-refractivity contribution < 1.29 is 14.3 Å². The number of anilines is 1. The van der Waals surface area contributed by atoms with E-state index >= 15 is 0 Å². The first-order valence-electron chi connectivity index (χ1n) is 9.24. The van der Waals surface area contributed by atoms with Crippen LogP contribution in [-0.2, 0) is 14.3 Å². The van der Waals surface area contributed by atoms with Crippen molar-refractivity contribution in [1.29, 1.82) is 0 Å². The number of para-hydroxylation sites is 1. The third-order valence-corrected chi connectivity index (χ3v) is 5.00. The fourth-order valence-corrected chi connectivity index (χ4v) is 3.45. The predicted molar refractivity (Wildman–Crippen MR) is 115 cm³/mol. The van der Waals surface area contributed by atoms with Crippen molar-refractivity contribution in [3.63, 3.8) is 0 Å². The first kappa shape index (κ1) is 24.7. The second-order valence-electron chi connectivity index (χ2n) is 6.98. The Morgan fingerprint density at radius 1 is 1.14 bits per heavy atom. The van der Waals surface area contributed by atoms with E-state index in [-0.39, 0.29) is 42.7 Å². The molecule has 1 atom stereocenters. The smallest absolute Gasteiger partial charge is 0.253 e. The Hall–Kier alpha value is -1.38. The highest BCUT2D eigenvalue weighted by atomic mass is 35.5. The molecule has 2 amide bonds. The van der Waals surface area contributed by atoms with Gasteiger partial charge in [0.1, 0.15) is 6.10 Å². The van der Waals surface area contributed by atoms with E-state index in [2.05, 4.69) is 15.5 Å². The van der Waals surface area contributed by atoms with Crippen molar-refractivity contribution in [2.24, 2.45) is 0 Å². The highest BCUT2D eigenvalue weighted by molar-refractivity contribution is 5.93.